The van der Waals surface area contributed by atoms with Gasteiger partial charge in [0.2, 0.25) is 0 Å². The van der Waals surface area contributed by atoms with Crippen LogP contribution in [0.4, 0.5) is 5.69 Å². The van der Waals surface area contributed by atoms with E-state index in [9.17, 15) is 4.79 Å². The van der Waals surface area contributed by atoms with Gasteiger partial charge in [0, 0.05) is 19.5 Å². The summed E-state index contributed by atoms with van der Waals surface area (Å²) >= 11 is 11.1. The number of hydrogen-bond donors (Lipinski definition) is 2. The number of benzene rings is 2. The third kappa shape index (κ3) is 3.41. The minimum atomic E-state index is -0.168. The Morgan fingerprint density at radius 2 is 1.95 bits per heavy atom. The second-order valence-electron chi connectivity index (χ2n) is 4.03. The molecule has 2 rings (SSSR count). The lowest BCUT2D eigenvalue weighted by molar-refractivity contribution is 0.102. The standard InChI is InChI=1S/C14H11Br2NOS/c1-8-11(16)3-2-4-12(8)17-14(18)10-6-5-9(15)7-13(10)19/h2-7,19H,1H3,(H,17,18). The van der Waals surface area contributed by atoms with E-state index >= 15 is 0 Å². The molecule has 5 heteroatoms. The molecule has 0 unspecified atom stereocenters. The number of halogens is 2. The van der Waals surface area contributed by atoms with Crippen LogP contribution in [0.5, 0.6) is 0 Å². The summed E-state index contributed by atoms with van der Waals surface area (Å²) in [6.07, 6.45) is 0. The average molecular weight is 401 g/mol. The lowest BCUT2D eigenvalue weighted by atomic mass is 10.1. The fourth-order valence-corrected chi connectivity index (χ4v) is 2.85. The van der Waals surface area contributed by atoms with Crippen LogP contribution in [0.3, 0.4) is 0 Å². The van der Waals surface area contributed by atoms with Gasteiger partial charge in [-0.1, -0.05) is 37.9 Å². The Morgan fingerprint density at radius 3 is 2.63 bits per heavy atom. The molecule has 0 bridgehead atoms. The third-order valence-corrected chi connectivity index (χ3v) is 4.44. The maximum Gasteiger partial charge on any atom is 0.256 e. The summed E-state index contributed by atoms with van der Waals surface area (Å²) in [5, 5.41) is 2.89. The number of rotatable bonds is 2. The van der Waals surface area contributed by atoms with Crippen LogP contribution >= 0.6 is 44.5 Å². The summed E-state index contributed by atoms with van der Waals surface area (Å²) in [5.74, 6) is -0.168. The van der Waals surface area contributed by atoms with Gasteiger partial charge in [0.25, 0.3) is 5.91 Å². The van der Waals surface area contributed by atoms with Gasteiger partial charge in [-0.15, -0.1) is 12.6 Å². The topological polar surface area (TPSA) is 29.1 Å². The smallest absolute Gasteiger partial charge is 0.256 e. The van der Waals surface area contributed by atoms with Gasteiger partial charge in [0.1, 0.15) is 0 Å². The highest BCUT2D eigenvalue weighted by atomic mass is 79.9. The van der Waals surface area contributed by atoms with Gasteiger partial charge in [0.05, 0.1) is 5.56 Å². The largest absolute Gasteiger partial charge is 0.322 e. The van der Waals surface area contributed by atoms with Gasteiger partial charge >= 0.3 is 0 Å². The molecule has 0 aliphatic carbocycles. The number of amides is 1. The molecule has 1 N–H and O–H groups in total. The van der Waals surface area contributed by atoms with Gasteiger partial charge in [0.15, 0.2) is 0 Å². The van der Waals surface area contributed by atoms with Gasteiger partial charge in [-0.05, 0) is 42.8 Å². The van der Waals surface area contributed by atoms with Crippen molar-refractivity contribution >= 4 is 56.1 Å². The maximum atomic E-state index is 12.2. The van der Waals surface area contributed by atoms with Crippen molar-refractivity contribution in [2.75, 3.05) is 5.32 Å². The number of hydrogen-bond acceptors (Lipinski definition) is 2. The monoisotopic (exact) mass is 399 g/mol. The van der Waals surface area contributed by atoms with Crippen molar-refractivity contribution in [3.8, 4) is 0 Å². The normalized spacial score (nSPS) is 10.3. The third-order valence-electron chi connectivity index (χ3n) is 2.72. The highest BCUT2D eigenvalue weighted by Crippen LogP contribution is 2.25. The van der Waals surface area contributed by atoms with Crippen LogP contribution in [0.1, 0.15) is 15.9 Å². The quantitative estimate of drug-likeness (QED) is 0.677. The molecule has 2 nitrogen and oxygen atoms in total. The van der Waals surface area contributed by atoms with Gasteiger partial charge in [-0.2, -0.15) is 0 Å². The minimum Gasteiger partial charge on any atom is -0.322 e. The van der Waals surface area contributed by atoms with Crippen molar-refractivity contribution in [3.63, 3.8) is 0 Å². The highest BCUT2D eigenvalue weighted by molar-refractivity contribution is 9.10. The number of carbonyl (C=O) groups is 1. The van der Waals surface area contributed by atoms with E-state index in [0.717, 1.165) is 20.2 Å². The Bertz CT molecular complexity index is 643. The Hall–Kier alpha value is -0.780. The molecule has 0 heterocycles. The van der Waals surface area contributed by atoms with E-state index in [4.69, 9.17) is 0 Å². The Morgan fingerprint density at radius 1 is 1.21 bits per heavy atom. The summed E-state index contributed by atoms with van der Waals surface area (Å²) in [7, 11) is 0. The fourth-order valence-electron chi connectivity index (χ4n) is 1.63. The van der Waals surface area contributed by atoms with Crippen molar-refractivity contribution in [2.24, 2.45) is 0 Å². The van der Waals surface area contributed by atoms with Crippen molar-refractivity contribution in [2.45, 2.75) is 11.8 Å². The molecule has 0 saturated heterocycles. The van der Waals surface area contributed by atoms with E-state index in [1.807, 2.05) is 31.2 Å². The molecular formula is C14H11Br2NOS. The molecule has 2 aromatic rings. The second kappa shape index (κ2) is 6.11. The van der Waals surface area contributed by atoms with E-state index in [1.54, 1.807) is 12.1 Å². The summed E-state index contributed by atoms with van der Waals surface area (Å²) in [6.45, 7) is 1.95. The van der Waals surface area contributed by atoms with Crippen molar-refractivity contribution < 1.29 is 4.79 Å². The number of thiol groups is 1. The van der Waals surface area contributed by atoms with E-state index in [2.05, 4.69) is 49.8 Å². The molecule has 0 aliphatic heterocycles. The first-order valence-electron chi connectivity index (χ1n) is 5.54. The van der Waals surface area contributed by atoms with Crippen LogP contribution in [0.25, 0.3) is 0 Å². The van der Waals surface area contributed by atoms with Crippen LogP contribution < -0.4 is 5.32 Å². The molecule has 2 aromatic carbocycles. The van der Waals surface area contributed by atoms with Crippen molar-refractivity contribution in [3.05, 3.63) is 56.5 Å². The van der Waals surface area contributed by atoms with E-state index in [1.165, 1.54) is 0 Å². The van der Waals surface area contributed by atoms with Crippen LogP contribution in [0.15, 0.2) is 50.2 Å². The fraction of sp³-hybridized carbons (Fsp3) is 0.0714. The van der Waals surface area contributed by atoms with Crippen LogP contribution in [0, 0.1) is 6.92 Å². The molecule has 0 fully saturated rings. The predicted molar refractivity (Wildman–Crippen MR) is 88.2 cm³/mol. The lowest BCUT2D eigenvalue weighted by Crippen LogP contribution is -2.13. The molecule has 0 aliphatic rings. The molecule has 0 atom stereocenters. The predicted octanol–water partition coefficient (Wildman–Crippen LogP) is 5.06. The highest BCUT2D eigenvalue weighted by Gasteiger charge is 2.11. The summed E-state index contributed by atoms with van der Waals surface area (Å²) in [4.78, 5) is 12.9. The number of carbonyl (C=O) groups excluding carboxylic acids is 1. The average Bonchev–Trinajstić information content (AvgIpc) is 2.34. The Balaban J connectivity index is 2.28. The minimum absolute atomic E-state index is 0.168. The lowest BCUT2D eigenvalue weighted by Gasteiger charge is -2.11. The molecule has 1 amide bonds. The maximum absolute atomic E-state index is 12.2. The zero-order valence-electron chi connectivity index (χ0n) is 10.1. The number of anilines is 1. The molecular weight excluding hydrogens is 390 g/mol. The van der Waals surface area contributed by atoms with Crippen LogP contribution in [-0.4, -0.2) is 5.91 Å². The summed E-state index contributed by atoms with van der Waals surface area (Å²) < 4.78 is 1.86. The second-order valence-corrected chi connectivity index (χ2v) is 6.28. The Labute approximate surface area is 134 Å². The van der Waals surface area contributed by atoms with Crippen molar-refractivity contribution in [1.82, 2.24) is 0 Å². The molecule has 19 heavy (non-hydrogen) atoms. The molecule has 0 saturated carbocycles. The zero-order chi connectivity index (χ0) is 14.0. The van der Waals surface area contributed by atoms with Crippen LogP contribution in [0.2, 0.25) is 0 Å². The van der Waals surface area contributed by atoms with Gasteiger partial charge in [-0.25, -0.2) is 0 Å². The van der Waals surface area contributed by atoms with Gasteiger partial charge in [-0.3, -0.25) is 4.79 Å². The van der Waals surface area contributed by atoms with Gasteiger partial charge < -0.3 is 5.32 Å². The molecule has 98 valence electrons. The molecule has 0 spiro atoms. The molecule has 0 radical (unpaired) electrons. The van der Waals surface area contributed by atoms with Crippen molar-refractivity contribution in [1.29, 1.82) is 0 Å². The first-order valence-corrected chi connectivity index (χ1v) is 7.57. The van der Waals surface area contributed by atoms with E-state index in [0.29, 0.717) is 10.5 Å². The first kappa shape index (κ1) is 14.6. The van der Waals surface area contributed by atoms with Crippen LogP contribution in [-0.2, 0) is 0 Å². The molecule has 0 aromatic heterocycles. The Kier molecular flexibility index (Phi) is 4.71. The summed E-state index contributed by atoms with van der Waals surface area (Å²) in [5.41, 5.74) is 2.33. The first-order chi connectivity index (χ1) is 8.99. The zero-order valence-corrected chi connectivity index (χ0v) is 14.1. The van der Waals surface area contributed by atoms with E-state index in [-0.39, 0.29) is 5.91 Å². The SMILES string of the molecule is Cc1c(Br)cccc1NC(=O)c1ccc(Br)cc1S. The number of nitrogens with one attached hydrogen (secondary N) is 1. The van der Waals surface area contributed by atoms with E-state index < -0.39 is 0 Å². The summed E-state index contributed by atoms with van der Waals surface area (Å²) in [6, 6.07) is 11.1.